The molecule has 0 fully saturated rings. The molecular formula is C18H45NO5Si4. The third-order valence-electron chi connectivity index (χ3n) is 6.00. The van der Waals surface area contributed by atoms with E-state index in [9.17, 15) is 20.4 Å². The maximum atomic E-state index is 12.6. The van der Waals surface area contributed by atoms with E-state index in [0.717, 1.165) is 0 Å². The lowest BCUT2D eigenvalue weighted by Crippen LogP contribution is -2.91. The highest BCUT2D eigenvalue weighted by Crippen LogP contribution is 2.50. The number of hydrogen-bond acceptors (Lipinski definition) is 6. The number of nitrogens with zero attached hydrogens (tertiary/aromatic N) is 1. The van der Waals surface area contributed by atoms with Crippen molar-refractivity contribution in [1.29, 1.82) is 0 Å². The van der Waals surface area contributed by atoms with Gasteiger partial charge in [-0.2, -0.15) is 0 Å². The van der Waals surface area contributed by atoms with Gasteiger partial charge in [0.1, 0.15) is 30.9 Å². The summed E-state index contributed by atoms with van der Waals surface area (Å²) in [5.41, 5.74) is 0. The Labute approximate surface area is 176 Å². The molecule has 0 aliphatic rings. The van der Waals surface area contributed by atoms with Crippen LogP contribution in [0, 0.1) is 0 Å². The number of rotatable bonds is 9. The molecule has 0 aliphatic heterocycles. The number of aliphatic hydroxyl groups is 4. The lowest BCUT2D eigenvalue weighted by Gasteiger charge is -2.65. The maximum absolute atomic E-state index is 12.6. The Balaban J connectivity index is 7.74. The molecule has 0 aromatic carbocycles. The van der Waals surface area contributed by atoms with Gasteiger partial charge in [-0.1, -0.05) is 83.7 Å². The van der Waals surface area contributed by atoms with Crippen molar-refractivity contribution in [2.75, 3.05) is 13.7 Å². The highest BCUT2D eigenvalue weighted by molar-refractivity contribution is 7.10. The quantitative estimate of drug-likeness (QED) is 0.237. The second-order valence-electron chi connectivity index (χ2n) is 12.1. The first-order valence-electron chi connectivity index (χ1n) is 9.91. The van der Waals surface area contributed by atoms with Crippen molar-refractivity contribution < 1.29 is 25.3 Å². The molecule has 0 unspecified atom stereocenters. The first-order valence-corrected chi connectivity index (χ1v) is 23.9. The Kier molecular flexibility index (Phi) is 8.07. The van der Waals surface area contributed by atoms with Crippen LogP contribution in [0.15, 0.2) is 5.16 Å². The Bertz CT molecular complexity index is 589. The van der Waals surface area contributed by atoms with Gasteiger partial charge in [-0.05, 0) is 0 Å². The van der Waals surface area contributed by atoms with Gasteiger partial charge in [-0.3, -0.25) is 0 Å². The fourth-order valence-corrected chi connectivity index (χ4v) is 19.2. The molecule has 0 amide bonds. The second-order valence-corrected chi connectivity index (χ2v) is 32.8. The molecule has 0 radical (unpaired) electrons. The largest absolute Gasteiger partial charge is 0.399 e. The average Bonchev–Trinajstić information content (AvgIpc) is 2.45. The number of oxime groups is 1. The molecule has 28 heavy (non-hydrogen) atoms. The van der Waals surface area contributed by atoms with E-state index in [1.807, 2.05) is 78.6 Å². The second kappa shape index (κ2) is 8.02. The first kappa shape index (κ1) is 28.2. The minimum Gasteiger partial charge on any atom is -0.399 e. The van der Waals surface area contributed by atoms with Crippen LogP contribution < -0.4 is 0 Å². The zero-order chi connectivity index (χ0) is 23.2. The van der Waals surface area contributed by atoms with Crippen LogP contribution in [0.5, 0.6) is 0 Å². The molecule has 0 bridgehead atoms. The van der Waals surface area contributed by atoms with E-state index in [4.69, 9.17) is 4.84 Å². The molecule has 3 atom stereocenters. The van der Waals surface area contributed by atoms with E-state index < -0.39 is 54.6 Å². The summed E-state index contributed by atoms with van der Waals surface area (Å²) in [5.74, 6) is 0. The SMILES string of the molecule is CON=C([C@](O)([C@@](O)([C@](O)(CO)[Si](C)(C)C)[Si](C)(C)C)[Si](C)(C)C)[Si](C)(C)C. The minimum atomic E-state index is -2.74. The van der Waals surface area contributed by atoms with Crippen LogP contribution in [0.2, 0.25) is 78.6 Å². The van der Waals surface area contributed by atoms with E-state index in [-0.39, 0.29) is 0 Å². The summed E-state index contributed by atoms with van der Waals surface area (Å²) >= 11 is 0. The highest BCUT2D eigenvalue weighted by Gasteiger charge is 2.76. The lowest BCUT2D eigenvalue weighted by molar-refractivity contribution is -0.139. The smallest absolute Gasteiger partial charge is 0.118 e. The molecule has 10 heteroatoms. The van der Waals surface area contributed by atoms with Crippen molar-refractivity contribution in [1.82, 2.24) is 0 Å². The van der Waals surface area contributed by atoms with Crippen molar-refractivity contribution in [3.8, 4) is 0 Å². The molecule has 4 N–H and O–H groups in total. The summed E-state index contributed by atoms with van der Waals surface area (Å²) in [5, 5.41) is 46.8. The third kappa shape index (κ3) is 4.16. The zero-order valence-corrected chi connectivity index (χ0v) is 24.4. The summed E-state index contributed by atoms with van der Waals surface area (Å²) in [7, 11) is -8.86. The van der Waals surface area contributed by atoms with Gasteiger partial charge in [0.2, 0.25) is 0 Å². The summed E-state index contributed by atoms with van der Waals surface area (Å²) in [6, 6.07) is 0. The molecule has 168 valence electrons. The van der Waals surface area contributed by atoms with Gasteiger partial charge < -0.3 is 25.3 Å². The Hall–Kier alpha value is 0.178. The van der Waals surface area contributed by atoms with Crippen molar-refractivity contribution >= 4 is 37.6 Å². The van der Waals surface area contributed by atoms with Gasteiger partial charge in [0, 0.05) is 0 Å². The van der Waals surface area contributed by atoms with Gasteiger partial charge in [-0.15, -0.1) is 0 Å². The molecule has 6 nitrogen and oxygen atoms in total. The van der Waals surface area contributed by atoms with Crippen molar-refractivity contribution in [2.24, 2.45) is 5.16 Å². The van der Waals surface area contributed by atoms with Crippen LogP contribution in [-0.4, -0.2) is 87.4 Å². The van der Waals surface area contributed by atoms with Gasteiger partial charge in [0.15, 0.2) is 0 Å². The first-order chi connectivity index (χ1) is 12.0. The predicted molar refractivity (Wildman–Crippen MR) is 130 cm³/mol. The average molecular weight is 468 g/mol. The van der Waals surface area contributed by atoms with Crippen molar-refractivity contribution in [3.63, 3.8) is 0 Å². The van der Waals surface area contributed by atoms with E-state index in [1.165, 1.54) is 7.11 Å². The molecule has 0 rings (SSSR count). The number of hydrogen-bond donors (Lipinski definition) is 4. The van der Waals surface area contributed by atoms with Crippen LogP contribution in [0.25, 0.3) is 0 Å². The summed E-state index contributed by atoms with van der Waals surface area (Å²) in [6.45, 7) is 23.0. The van der Waals surface area contributed by atoms with Crippen molar-refractivity contribution in [2.45, 2.75) is 94.2 Å². The van der Waals surface area contributed by atoms with Crippen LogP contribution in [0.3, 0.4) is 0 Å². The summed E-state index contributed by atoms with van der Waals surface area (Å²) in [4.78, 5) is 5.17. The Morgan fingerprint density at radius 2 is 1.14 bits per heavy atom. The van der Waals surface area contributed by atoms with E-state index in [1.54, 1.807) is 0 Å². The standard InChI is InChI=1S/C18H45NO5Si4/c1-24-19-15(25(2,3)4)17(22,27(8,9)10)18(23,28(11,12)13)16(21,14-20)26(5,6)7/h20-23H,14H2,1-13H3/t16-,17+,18+/m0/s1. The van der Waals surface area contributed by atoms with Crippen LogP contribution in [0.4, 0.5) is 0 Å². The van der Waals surface area contributed by atoms with E-state index in [2.05, 4.69) is 5.16 Å². The van der Waals surface area contributed by atoms with Crippen LogP contribution in [-0.2, 0) is 4.84 Å². The molecule has 0 aliphatic carbocycles. The fraction of sp³-hybridized carbons (Fsp3) is 0.944. The molecule has 0 saturated carbocycles. The monoisotopic (exact) mass is 467 g/mol. The van der Waals surface area contributed by atoms with Gasteiger partial charge in [0.05, 0.1) is 36.2 Å². The Morgan fingerprint density at radius 1 is 0.750 bits per heavy atom. The normalized spacial score (nSPS) is 21.5. The molecule has 0 spiro atoms. The number of aliphatic hydroxyl groups excluding tert-OH is 1. The van der Waals surface area contributed by atoms with E-state index >= 15 is 0 Å². The van der Waals surface area contributed by atoms with Gasteiger partial charge in [0.25, 0.3) is 0 Å². The fourth-order valence-electron chi connectivity index (χ4n) is 4.26. The molecule has 0 aromatic rings. The molecular weight excluding hydrogens is 423 g/mol. The zero-order valence-electron chi connectivity index (χ0n) is 20.4. The van der Waals surface area contributed by atoms with E-state index in [0.29, 0.717) is 5.33 Å². The lowest BCUT2D eigenvalue weighted by atomic mass is 10.1. The van der Waals surface area contributed by atoms with Gasteiger partial charge in [-0.25, -0.2) is 0 Å². The molecule has 0 heterocycles. The maximum Gasteiger partial charge on any atom is 0.118 e. The van der Waals surface area contributed by atoms with Crippen LogP contribution >= 0.6 is 0 Å². The van der Waals surface area contributed by atoms with Crippen LogP contribution in [0.1, 0.15) is 0 Å². The molecule has 0 saturated heterocycles. The third-order valence-corrected chi connectivity index (χ3v) is 17.3. The Morgan fingerprint density at radius 3 is 1.32 bits per heavy atom. The van der Waals surface area contributed by atoms with Gasteiger partial charge >= 0.3 is 0 Å². The van der Waals surface area contributed by atoms with Crippen molar-refractivity contribution in [3.05, 3.63) is 0 Å². The highest BCUT2D eigenvalue weighted by atomic mass is 28.3. The minimum absolute atomic E-state index is 0.455. The molecule has 0 aromatic heterocycles. The topological polar surface area (TPSA) is 103 Å². The summed E-state index contributed by atoms with van der Waals surface area (Å²) in [6.07, 6.45) is 0. The summed E-state index contributed by atoms with van der Waals surface area (Å²) < 4.78 is 0. The predicted octanol–water partition coefficient (Wildman–Crippen LogP) is 2.68.